The number of nitrogen functional groups attached to an aromatic ring is 1. The molecule has 1 aliphatic rings. The highest BCUT2D eigenvalue weighted by atomic mass is 16.5. The smallest absolute Gasteiger partial charge is 0.330 e. The van der Waals surface area contributed by atoms with E-state index >= 15 is 0 Å². The summed E-state index contributed by atoms with van der Waals surface area (Å²) in [4.78, 5) is 12.4. The first-order valence-electron chi connectivity index (χ1n) is 12.1. The largest absolute Gasteiger partial charge is 0.493 e. The third-order valence-electron chi connectivity index (χ3n) is 6.43. The van der Waals surface area contributed by atoms with Gasteiger partial charge in [0.2, 0.25) is 0 Å². The number of ether oxygens (including phenoxy) is 1. The Morgan fingerprint density at radius 1 is 1.18 bits per heavy atom. The monoisotopic (exact) mass is 451 g/mol. The molecule has 5 N–H and O–H groups in total. The maximum Gasteiger partial charge on any atom is 0.330 e. The van der Waals surface area contributed by atoms with E-state index in [1.807, 2.05) is 6.07 Å². The SMILES string of the molecule is CCCc1cc(CC)cc([C@@H](Nc2ccc(C(=N)N)cc2)C(=O)O)c1OCC1CCCCC1. The Morgan fingerprint density at radius 2 is 1.88 bits per heavy atom. The quantitative estimate of drug-likeness (QED) is 0.259. The van der Waals surface area contributed by atoms with Crippen LogP contribution < -0.4 is 15.8 Å². The number of carboxylic acids is 1. The van der Waals surface area contributed by atoms with Gasteiger partial charge in [-0.2, -0.15) is 0 Å². The molecule has 33 heavy (non-hydrogen) atoms. The molecule has 6 heteroatoms. The Bertz CT molecular complexity index is 950. The molecule has 1 fully saturated rings. The van der Waals surface area contributed by atoms with Crippen LogP contribution in [0.2, 0.25) is 0 Å². The molecule has 0 amide bonds. The highest BCUT2D eigenvalue weighted by Gasteiger charge is 2.27. The lowest BCUT2D eigenvalue weighted by molar-refractivity contribution is -0.138. The zero-order valence-electron chi connectivity index (χ0n) is 19.8. The first-order chi connectivity index (χ1) is 15.9. The summed E-state index contributed by atoms with van der Waals surface area (Å²) in [5, 5.41) is 20.9. The van der Waals surface area contributed by atoms with Crippen molar-refractivity contribution in [3.63, 3.8) is 0 Å². The molecule has 1 aliphatic carbocycles. The standard InChI is InChI=1S/C27H37N3O3/c1-3-8-21-15-18(4-2)16-23(25(21)33-17-19-9-6-5-7-10-19)24(27(31)32)30-22-13-11-20(12-14-22)26(28)29/h11-16,19,24,30H,3-10,17H2,1-2H3,(H3,28,29)(H,31,32)/t24-/m1/s1. The maximum atomic E-state index is 12.4. The second-order valence-corrected chi connectivity index (χ2v) is 9.00. The van der Waals surface area contributed by atoms with Crippen LogP contribution in [-0.4, -0.2) is 23.5 Å². The van der Waals surface area contributed by atoms with Crippen LogP contribution in [0.3, 0.4) is 0 Å². The molecule has 0 radical (unpaired) electrons. The molecule has 1 atom stereocenters. The van der Waals surface area contributed by atoms with Crippen LogP contribution in [0, 0.1) is 11.3 Å². The third kappa shape index (κ3) is 6.50. The normalized spacial score (nSPS) is 15.1. The molecule has 0 unspecified atom stereocenters. The topological polar surface area (TPSA) is 108 Å². The van der Waals surface area contributed by atoms with Crippen molar-refractivity contribution >= 4 is 17.5 Å². The molecule has 178 valence electrons. The molecule has 0 spiro atoms. The first kappa shape index (κ1) is 24.6. The zero-order valence-corrected chi connectivity index (χ0v) is 19.8. The molecule has 0 saturated heterocycles. The van der Waals surface area contributed by atoms with Gasteiger partial charge in [0.15, 0.2) is 6.04 Å². The second-order valence-electron chi connectivity index (χ2n) is 9.00. The van der Waals surface area contributed by atoms with Gasteiger partial charge in [-0.25, -0.2) is 4.79 Å². The number of amidine groups is 1. The van der Waals surface area contributed by atoms with Crippen LogP contribution in [0.15, 0.2) is 36.4 Å². The number of hydrogen-bond acceptors (Lipinski definition) is 4. The van der Waals surface area contributed by atoms with Crippen molar-refractivity contribution in [1.82, 2.24) is 0 Å². The Morgan fingerprint density at radius 3 is 2.45 bits per heavy atom. The maximum absolute atomic E-state index is 12.4. The minimum absolute atomic E-state index is 0.0189. The third-order valence-corrected chi connectivity index (χ3v) is 6.43. The molecule has 0 heterocycles. The van der Waals surface area contributed by atoms with Crippen molar-refractivity contribution < 1.29 is 14.6 Å². The fourth-order valence-corrected chi connectivity index (χ4v) is 4.57. The van der Waals surface area contributed by atoms with Crippen molar-refractivity contribution in [2.75, 3.05) is 11.9 Å². The van der Waals surface area contributed by atoms with Gasteiger partial charge in [-0.05, 0) is 73.1 Å². The average Bonchev–Trinajstić information content (AvgIpc) is 2.82. The van der Waals surface area contributed by atoms with Crippen LogP contribution in [0.4, 0.5) is 5.69 Å². The fourth-order valence-electron chi connectivity index (χ4n) is 4.57. The van der Waals surface area contributed by atoms with Crippen molar-refractivity contribution in [2.45, 2.75) is 71.3 Å². The lowest BCUT2D eigenvalue weighted by atomic mass is 9.90. The van der Waals surface area contributed by atoms with E-state index in [0.29, 0.717) is 29.3 Å². The van der Waals surface area contributed by atoms with E-state index in [-0.39, 0.29) is 5.84 Å². The molecular weight excluding hydrogens is 414 g/mol. The van der Waals surface area contributed by atoms with Gasteiger partial charge in [-0.3, -0.25) is 5.41 Å². The summed E-state index contributed by atoms with van der Waals surface area (Å²) in [5.74, 6) is 0.278. The number of nitrogens with two attached hydrogens (primary N) is 1. The molecule has 0 aromatic heterocycles. The number of benzene rings is 2. The van der Waals surface area contributed by atoms with Crippen LogP contribution in [0.25, 0.3) is 0 Å². The Labute approximate surface area is 197 Å². The minimum atomic E-state index is -0.955. The van der Waals surface area contributed by atoms with Gasteiger partial charge < -0.3 is 20.9 Å². The summed E-state index contributed by atoms with van der Waals surface area (Å²) < 4.78 is 6.43. The van der Waals surface area contributed by atoms with Gasteiger partial charge >= 0.3 is 5.97 Å². The number of carboxylic acid groups (broad SMARTS) is 1. The summed E-state index contributed by atoms with van der Waals surface area (Å²) in [6, 6.07) is 10.1. The molecule has 3 rings (SSSR count). The number of hydrogen-bond donors (Lipinski definition) is 4. The number of rotatable bonds is 11. The van der Waals surface area contributed by atoms with Gasteiger partial charge in [-0.15, -0.1) is 0 Å². The Balaban J connectivity index is 1.96. The van der Waals surface area contributed by atoms with Crippen molar-refractivity contribution in [2.24, 2.45) is 11.7 Å². The van der Waals surface area contributed by atoms with Gasteiger partial charge in [0.25, 0.3) is 0 Å². The second kappa shape index (κ2) is 11.7. The number of carbonyl (C=O) groups is 1. The van der Waals surface area contributed by atoms with E-state index in [4.69, 9.17) is 15.9 Å². The molecule has 0 bridgehead atoms. The summed E-state index contributed by atoms with van der Waals surface area (Å²) >= 11 is 0. The summed E-state index contributed by atoms with van der Waals surface area (Å²) in [6.07, 6.45) is 8.77. The van der Waals surface area contributed by atoms with Gasteiger partial charge in [-0.1, -0.05) is 45.6 Å². The summed E-state index contributed by atoms with van der Waals surface area (Å²) in [5.41, 5.74) is 9.68. The van der Waals surface area contributed by atoms with E-state index in [2.05, 4.69) is 25.2 Å². The predicted octanol–water partition coefficient (Wildman–Crippen LogP) is 5.68. The highest BCUT2D eigenvalue weighted by molar-refractivity contribution is 5.95. The lowest BCUT2D eigenvalue weighted by Gasteiger charge is -2.26. The molecule has 0 aliphatic heterocycles. The summed E-state index contributed by atoms with van der Waals surface area (Å²) in [7, 11) is 0. The first-order valence-corrected chi connectivity index (χ1v) is 12.1. The Hall–Kier alpha value is -3.02. The fraction of sp³-hybridized carbons (Fsp3) is 0.481. The number of aryl methyl sites for hydroxylation is 2. The van der Waals surface area contributed by atoms with Gasteiger partial charge in [0.05, 0.1) is 6.61 Å². The Kier molecular flexibility index (Phi) is 8.75. The lowest BCUT2D eigenvalue weighted by Crippen LogP contribution is -2.23. The minimum Gasteiger partial charge on any atom is -0.493 e. The van der Waals surface area contributed by atoms with E-state index in [1.54, 1.807) is 24.3 Å². The number of aliphatic carboxylic acids is 1. The molecule has 1 saturated carbocycles. The molecule has 2 aromatic carbocycles. The highest BCUT2D eigenvalue weighted by Crippen LogP contribution is 2.35. The van der Waals surface area contributed by atoms with Crippen LogP contribution in [0.5, 0.6) is 5.75 Å². The predicted molar refractivity (Wildman–Crippen MR) is 133 cm³/mol. The number of anilines is 1. The summed E-state index contributed by atoms with van der Waals surface area (Å²) in [6.45, 7) is 4.85. The van der Waals surface area contributed by atoms with Crippen LogP contribution in [0.1, 0.15) is 80.7 Å². The molecule has 6 nitrogen and oxygen atoms in total. The molecular formula is C27H37N3O3. The van der Waals surface area contributed by atoms with Gasteiger partial charge in [0, 0.05) is 16.8 Å². The van der Waals surface area contributed by atoms with Crippen molar-refractivity contribution in [1.29, 1.82) is 5.41 Å². The van der Waals surface area contributed by atoms with Crippen LogP contribution in [-0.2, 0) is 17.6 Å². The molecule has 2 aromatic rings. The van der Waals surface area contributed by atoms with Gasteiger partial charge in [0.1, 0.15) is 11.6 Å². The van der Waals surface area contributed by atoms with Crippen LogP contribution >= 0.6 is 0 Å². The van der Waals surface area contributed by atoms with E-state index in [0.717, 1.165) is 36.1 Å². The van der Waals surface area contributed by atoms with Crippen molar-refractivity contribution in [3.05, 3.63) is 58.7 Å². The van der Waals surface area contributed by atoms with E-state index in [9.17, 15) is 9.90 Å². The zero-order chi connectivity index (χ0) is 23.8. The average molecular weight is 452 g/mol. The van der Waals surface area contributed by atoms with E-state index < -0.39 is 12.0 Å². The van der Waals surface area contributed by atoms with Crippen molar-refractivity contribution in [3.8, 4) is 5.75 Å². The number of nitrogens with one attached hydrogen (secondary N) is 2. The van der Waals surface area contributed by atoms with E-state index in [1.165, 1.54) is 32.1 Å².